The van der Waals surface area contributed by atoms with Crippen LogP contribution in [0.25, 0.3) is 0 Å². The van der Waals surface area contributed by atoms with E-state index in [1.807, 2.05) is 6.08 Å². The molecule has 0 atom stereocenters. The molecule has 1 rings (SSSR count). The van der Waals surface area contributed by atoms with Crippen molar-refractivity contribution in [3.8, 4) is 0 Å². The highest BCUT2D eigenvalue weighted by Gasteiger charge is 1.95. The molecule has 2 heteroatoms. The van der Waals surface area contributed by atoms with Gasteiger partial charge in [-0.15, -0.1) is 0 Å². The van der Waals surface area contributed by atoms with Crippen LogP contribution in [-0.2, 0) is 0 Å². The Morgan fingerprint density at radius 3 is 3.00 bits per heavy atom. The van der Waals surface area contributed by atoms with Crippen molar-refractivity contribution in [2.45, 2.75) is 19.8 Å². The maximum Gasteiger partial charge on any atom is 0.0521 e. The van der Waals surface area contributed by atoms with E-state index in [4.69, 9.17) is 0 Å². The van der Waals surface area contributed by atoms with Crippen molar-refractivity contribution in [1.29, 1.82) is 0 Å². The highest BCUT2D eigenvalue weighted by molar-refractivity contribution is 5.07. The first-order chi connectivity index (χ1) is 5.43. The second-order valence-corrected chi connectivity index (χ2v) is 2.68. The van der Waals surface area contributed by atoms with E-state index in [0.717, 1.165) is 13.1 Å². The molecule has 0 spiro atoms. The lowest BCUT2D eigenvalue weighted by atomic mass is 10.3. The van der Waals surface area contributed by atoms with Gasteiger partial charge in [0, 0.05) is 12.7 Å². The Labute approximate surface area is 68.6 Å². The number of rotatable bonds is 4. The number of hydrazine groups is 1. The van der Waals surface area contributed by atoms with Crippen LogP contribution in [0, 0.1) is 0 Å². The van der Waals surface area contributed by atoms with Crippen molar-refractivity contribution in [1.82, 2.24) is 10.4 Å². The minimum absolute atomic E-state index is 0.986. The fraction of sp³-hybridized carbons (Fsp3) is 0.556. The zero-order valence-corrected chi connectivity index (χ0v) is 7.09. The number of nitrogens with one attached hydrogen (secondary N) is 1. The number of allylic oxidation sites excluding steroid dienone is 2. The van der Waals surface area contributed by atoms with Crippen LogP contribution in [0.3, 0.4) is 0 Å². The third-order valence-corrected chi connectivity index (χ3v) is 1.66. The van der Waals surface area contributed by atoms with E-state index in [1.165, 1.54) is 12.8 Å². The molecule has 0 aromatic rings. The summed E-state index contributed by atoms with van der Waals surface area (Å²) in [5.74, 6) is 0. The quantitative estimate of drug-likeness (QED) is 0.616. The van der Waals surface area contributed by atoms with Gasteiger partial charge in [0.25, 0.3) is 0 Å². The van der Waals surface area contributed by atoms with Gasteiger partial charge in [-0.25, -0.2) is 5.43 Å². The second-order valence-electron chi connectivity index (χ2n) is 2.68. The Morgan fingerprint density at radius 1 is 1.45 bits per heavy atom. The van der Waals surface area contributed by atoms with E-state index in [2.05, 4.69) is 35.7 Å². The molecule has 0 radical (unpaired) electrons. The van der Waals surface area contributed by atoms with Crippen LogP contribution in [0.1, 0.15) is 19.8 Å². The molecule has 1 heterocycles. The summed E-state index contributed by atoms with van der Waals surface area (Å²) in [5.41, 5.74) is 3.32. The third-order valence-electron chi connectivity index (χ3n) is 1.66. The number of hydrogen-bond donors (Lipinski definition) is 1. The molecule has 0 aliphatic carbocycles. The maximum atomic E-state index is 3.32. The van der Waals surface area contributed by atoms with Gasteiger partial charge in [-0.1, -0.05) is 25.5 Å². The van der Waals surface area contributed by atoms with Crippen molar-refractivity contribution >= 4 is 0 Å². The topological polar surface area (TPSA) is 15.3 Å². The van der Waals surface area contributed by atoms with Gasteiger partial charge >= 0.3 is 0 Å². The lowest BCUT2D eigenvalue weighted by molar-refractivity contribution is 0.293. The van der Waals surface area contributed by atoms with Crippen molar-refractivity contribution < 1.29 is 0 Å². The van der Waals surface area contributed by atoms with Gasteiger partial charge in [0.1, 0.15) is 0 Å². The molecule has 11 heavy (non-hydrogen) atoms. The molecule has 0 fully saturated rings. The van der Waals surface area contributed by atoms with Crippen LogP contribution in [-0.4, -0.2) is 18.1 Å². The van der Waals surface area contributed by atoms with E-state index < -0.39 is 0 Å². The summed E-state index contributed by atoms with van der Waals surface area (Å²) in [4.78, 5) is 0. The predicted molar refractivity (Wildman–Crippen MR) is 47.9 cm³/mol. The van der Waals surface area contributed by atoms with E-state index >= 15 is 0 Å². The molecule has 0 unspecified atom stereocenters. The van der Waals surface area contributed by atoms with Gasteiger partial charge in [0.05, 0.1) is 6.54 Å². The van der Waals surface area contributed by atoms with E-state index in [0.29, 0.717) is 0 Å². The smallest absolute Gasteiger partial charge is 0.0521 e. The molecular formula is C9H16N2. The Morgan fingerprint density at radius 2 is 2.36 bits per heavy atom. The van der Waals surface area contributed by atoms with Crippen LogP contribution >= 0.6 is 0 Å². The molecule has 0 bridgehead atoms. The summed E-state index contributed by atoms with van der Waals surface area (Å²) < 4.78 is 0. The minimum atomic E-state index is 0.986. The first-order valence-electron chi connectivity index (χ1n) is 4.27. The SMILES string of the molecule is CCCCNN1C=CC=CC1. The number of nitrogens with zero attached hydrogens (tertiary/aromatic N) is 1. The Hall–Kier alpha value is -0.760. The van der Waals surface area contributed by atoms with Gasteiger partial charge in [-0.2, -0.15) is 0 Å². The van der Waals surface area contributed by atoms with Crippen LogP contribution in [0.4, 0.5) is 0 Å². The molecular weight excluding hydrogens is 136 g/mol. The summed E-state index contributed by atoms with van der Waals surface area (Å²) in [6, 6.07) is 0. The molecule has 1 N–H and O–H groups in total. The van der Waals surface area contributed by atoms with Gasteiger partial charge < -0.3 is 5.01 Å². The lowest BCUT2D eigenvalue weighted by Crippen LogP contribution is -2.34. The van der Waals surface area contributed by atoms with Crippen LogP contribution in [0.5, 0.6) is 0 Å². The zero-order valence-electron chi connectivity index (χ0n) is 7.09. The van der Waals surface area contributed by atoms with Gasteiger partial charge in [-0.05, 0) is 12.5 Å². The Bertz CT molecular complexity index is 150. The van der Waals surface area contributed by atoms with Crippen molar-refractivity contribution in [3.63, 3.8) is 0 Å². The van der Waals surface area contributed by atoms with Crippen molar-refractivity contribution in [2.24, 2.45) is 0 Å². The highest BCUT2D eigenvalue weighted by atomic mass is 15.5. The molecule has 2 nitrogen and oxygen atoms in total. The highest BCUT2D eigenvalue weighted by Crippen LogP contribution is 1.94. The molecule has 0 saturated heterocycles. The van der Waals surface area contributed by atoms with E-state index in [1.54, 1.807) is 0 Å². The monoisotopic (exact) mass is 152 g/mol. The number of hydrogen-bond acceptors (Lipinski definition) is 2. The van der Waals surface area contributed by atoms with E-state index in [9.17, 15) is 0 Å². The lowest BCUT2D eigenvalue weighted by Gasteiger charge is -2.21. The normalized spacial score (nSPS) is 15.9. The summed E-state index contributed by atoms with van der Waals surface area (Å²) in [7, 11) is 0. The fourth-order valence-electron chi connectivity index (χ4n) is 0.984. The Kier molecular flexibility index (Phi) is 3.76. The average molecular weight is 152 g/mol. The first kappa shape index (κ1) is 8.34. The van der Waals surface area contributed by atoms with Gasteiger partial charge in [-0.3, -0.25) is 0 Å². The van der Waals surface area contributed by atoms with Crippen molar-refractivity contribution in [3.05, 3.63) is 24.4 Å². The van der Waals surface area contributed by atoms with E-state index in [-0.39, 0.29) is 0 Å². The summed E-state index contributed by atoms with van der Waals surface area (Å²) in [6.07, 6.45) is 10.8. The predicted octanol–water partition coefficient (Wildman–Crippen LogP) is 1.68. The second kappa shape index (κ2) is 4.97. The van der Waals surface area contributed by atoms with Crippen LogP contribution < -0.4 is 5.43 Å². The molecule has 0 saturated carbocycles. The maximum absolute atomic E-state index is 3.32. The fourth-order valence-corrected chi connectivity index (χ4v) is 0.984. The standard InChI is InChI=1S/C9H16N2/c1-2-3-7-10-11-8-5-4-6-9-11/h4-6,8,10H,2-3,7,9H2,1H3. The van der Waals surface area contributed by atoms with Gasteiger partial charge in [0.15, 0.2) is 0 Å². The van der Waals surface area contributed by atoms with Crippen LogP contribution in [0.2, 0.25) is 0 Å². The van der Waals surface area contributed by atoms with Crippen LogP contribution in [0.15, 0.2) is 24.4 Å². The average Bonchev–Trinajstić information content (AvgIpc) is 2.07. The zero-order chi connectivity index (χ0) is 7.94. The number of unbranched alkanes of at least 4 members (excludes halogenated alkanes) is 1. The minimum Gasteiger partial charge on any atom is -0.312 e. The molecule has 0 aromatic heterocycles. The summed E-state index contributed by atoms with van der Waals surface area (Å²) in [6.45, 7) is 4.27. The molecule has 0 aromatic carbocycles. The first-order valence-corrected chi connectivity index (χ1v) is 4.27. The Balaban J connectivity index is 2.07. The summed E-state index contributed by atoms with van der Waals surface area (Å²) >= 11 is 0. The van der Waals surface area contributed by atoms with Gasteiger partial charge in [0.2, 0.25) is 0 Å². The molecule has 0 amide bonds. The third kappa shape index (κ3) is 3.23. The van der Waals surface area contributed by atoms with Crippen molar-refractivity contribution in [2.75, 3.05) is 13.1 Å². The largest absolute Gasteiger partial charge is 0.312 e. The summed E-state index contributed by atoms with van der Waals surface area (Å²) in [5, 5.41) is 2.11. The molecule has 1 aliphatic heterocycles. The molecule has 1 aliphatic rings. The molecule has 62 valence electrons.